The van der Waals surface area contributed by atoms with Crippen molar-refractivity contribution in [3.8, 4) is 5.75 Å². The molecular formula is C22H19BrClFN2O2. The van der Waals surface area contributed by atoms with E-state index in [4.69, 9.17) is 16.3 Å². The molecule has 3 rings (SSSR count). The first-order chi connectivity index (χ1) is 13.9. The number of hydrogen-bond donors (Lipinski definition) is 2. The number of amides is 1. The van der Waals surface area contributed by atoms with E-state index in [0.29, 0.717) is 23.0 Å². The molecule has 0 atom stereocenters. The monoisotopic (exact) mass is 476 g/mol. The maximum atomic E-state index is 13.0. The molecule has 29 heavy (non-hydrogen) atoms. The van der Waals surface area contributed by atoms with Crippen LogP contribution in [0.4, 0.5) is 15.8 Å². The van der Waals surface area contributed by atoms with Crippen LogP contribution in [0.2, 0.25) is 5.02 Å². The molecule has 0 unspecified atom stereocenters. The van der Waals surface area contributed by atoms with Crippen molar-refractivity contribution in [2.45, 2.75) is 13.5 Å². The molecule has 0 heterocycles. The van der Waals surface area contributed by atoms with Crippen LogP contribution >= 0.6 is 27.5 Å². The van der Waals surface area contributed by atoms with Crippen LogP contribution in [-0.2, 0) is 11.3 Å². The van der Waals surface area contributed by atoms with Gasteiger partial charge >= 0.3 is 0 Å². The topological polar surface area (TPSA) is 50.4 Å². The van der Waals surface area contributed by atoms with Gasteiger partial charge in [-0.05, 0) is 82.5 Å². The summed E-state index contributed by atoms with van der Waals surface area (Å²) in [6.07, 6.45) is 0. The number of hydrogen-bond acceptors (Lipinski definition) is 3. The van der Waals surface area contributed by atoms with E-state index in [1.165, 1.54) is 12.1 Å². The summed E-state index contributed by atoms with van der Waals surface area (Å²) in [6, 6.07) is 17.1. The number of ether oxygens (including phenoxy) is 1. The normalized spacial score (nSPS) is 10.5. The zero-order valence-electron chi connectivity index (χ0n) is 15.6. The quantitative estimate of drug-likeness (QED) is 0.427. The second-order valence-corrected chi connectivity index (χ2v) is 7.71. The molecule has 0 aliphatic carbocycles. The Kier molecular flexibility index (Phi) is 7.12. The van der Waals surface area contributed by atoms with E-state index >= 15 is 0 Å². The minimum atomic E-state index is -0.274. The molecule has 7 heteroatoms. The fourth-order valence-electron chi connectivity index (χ4n) is 2.60. The lowest BCUT2D eigenvalue weighted by Gasteiger charge is -2.12. The van der Waals surface area contributed by atoms with Crippen molar-refractivity contribution < 1.29 is 13.9 Å². The number of benzene rings is 3. The van der Waals surface area contributed by atoms with Crippen molar-refractivity contribution in [2.24, 2.45) is 0 Å². The van der Waals surface area contributed by atoms with Crippen molar-refractivity contribution in [1.82, 2.24) is 0 Å². The van der Waals surface area contributed by atoms with Crippen molar-refractivity contribution in [2.75, 3.05) is 17.2 Å². The van der Waals surface area contributed by atoms with Gasteiger partial charge in [0.15, 0.2) is 6.61 Å². The van der Waals surface area contributed by atoms with Crippen LogP contribution in [0.3, 0.4) is 0 Å². The standard InChI is InChI=1S/C22H19BrClFN2O2/c1-14-2-4-16(24)11-20(14)27-22(28)13-29-21-9-3-15(10-19(21)23)12-26-18-7-5-17(25)6-8-18/h2-11,26H,12-13H2,1H3,(H,27,28). The molecule has 0 aromatic heterocycles. The molecule has 0 aliphatic heterocycles. The highest BCUT2D eigenvalue weighted by molar-refractivity contribution is 9.10. The molecule has 3 aromatic rings. The lowest BCUT2D eigenvalue weighted by atomic mass is 10.2. The number of nitrogens with one attached hydrogen (secondary N) is 2. The van der Waals surface area contributed by atoms with Crippen LogP contribution in [0.5, 0.6) is 5.75 Å². The van der Waals surface area contributed by atoms with Gasteiger partial charge in [-0.1, -0.05) is 23.7 Å². The molecule has 0 bridgehead atoms. The molecule has 150 valence electrons. The first kappa shape index (κ1) is 21.1. The SMILES string of the molecule is Cc1ccc(Cl)cc1NC(=O)COc1ccc(CNc2ccc(F)cc2)cc1Br. The van der Waals surface area contributed by atoms with Crippen molar-refractivity contribution in [3.63, 3.8) is 0 Å². The molecule has 0 spiro atoms. The van der Waals surface area contributed by atoms with Crippen molar-refractivity contribution >= 4 is 44.8 Å². The molecule has 2 N–H and O–H groups in total. The van der Waals surface area contributed by atoms with Gasteiger partial charge in [0, 0.05) is 22.9 Å². The van der Waals surface area contributed by atoms with Gasteiger partial charge in [0.05, 0.1) is 4.47 Å². The minimum absolute atomic E-state index is 0.127. The van der Waals surface area contributed by atoms with Crippen molar-refractivity contribution in [1.29, 1.82) is 0 Å². The fraction of sp³-hybridized carbons (Fsp3) is 0.136. The molecule has 0 saturated carbocycles. The van der Waals surface area contributed by atoms with E-state index < -0.39 is 0 Å². The first-order valence-electron chi connectivity index (χ1n) is 8.87. The Morgan fingerprint density at radius 1 is 1.10 bits per heavy atom. The summed E-state index contributed by atoms with van der Waals surface area (Å²) >= 11 is 9.44. The minimum Gasteiger partial charge on any atom is -0.483 e. The van der Waals surface area contributed by atoms with Gasteiger partial charge in [-0.25, -0.2) is 4.39 Å². The molecule has 0 fully saturated rings. The third-order valence-electron chi connectivity index (χ3n) is 4.17. The molecule has 3 aromatic carbocycles. The van der Waals surface area contributed by atoms with Gasteiger partial charge in [-0.15, -0.1) is 0 Å². The predicted molar refractivity (Wildman–Crippen MR) is 118 cm³/mol. The van der Waals surface area contributed by atoms with E-state index in [9.17, 15) is 9.18 Å². The molecule has 0 radical (unpaired) electrons. The lowest BCUT2D eigenvalue weighted by molar-refractivity contribution is -0.118. The molecule has 1 amide bonds. The zero-order chi connectivity index (χ0) is 20.8. The summed E-state index contributed by atoms with van der Waals surface area (Å²) < 4.78 is 19.3. The second-order valence-electron chi connectivity index (χ2n) is 6.42. The maximum Gasteiger partial charge on any atom is 0.262 e. The van der Waals surface area contributed by atoms with E-state index in [1.807, 2.05) is 25.1 Å². The molecule has 0 aliphatic rings. The number of carbonyl (C=O) groups excluding carboxylic acids is 1. The summed E-state index contributed by atoms with van der Waals surface area (Å²) in [5, 5.41) is 6.57. The van der Waals surface area contributed by atoms with Crippen LogP contribution in [0.15, 0.2) is 65.1 Å². The maximum absolute atomic E-state index is 13.0. The summed E-state index contributed by atoms with van der Waals surface area (Å²) in [7, 11) is 0. The molecular weight excluding hydrogens is 459 g/mol. The Hall–Kier alpha value is -2.57. The average Bonchev–Trinajstić information content (AvgIpc) is 2.69. The van der Waals surface area contributed by atoms with E-state index in [2.05, 4.69) is 26.6 Å². The summed E-state index contributed by atoms with van der Waals surface area (Å²) in [4.78, 5) is 12.2. The lowest BCUT2D eigenvalue weighted by Crippen LogP contribution is -2.20. The Morgan fingerprint density at radius 3 is 2.59 bits per heavy atom. The van der Waals surface area contributed by atoms with E-state index in [1.54, 1.807) is 30.3 Å². The highest BCUT2D eigenvalue weighted by Crippen LogP contribution is 2.27. The van der Waals surface area contributed by atoms with E-state index in [0.717, 1.165) is 21.3 Å². The van der Waals surface area contributed by atoms with Crippen LogP contribution in [-0.4, -0.2) is 12.5 Å². The van der Waals surface area contributed by atoms with Gasteiger partial charge in [0.1, 0.15) is 11.6 Å². The van der Waals surface area contributed by atoms with Crippen LogP contribution in [0, 0.1) is 12.7 Å². The summed E-state index contributed by atoms with van der Waals surface area (Å²) in [6.45, 7) is 2.33. The fourth-order valence-corrected chi connectivity index (χ4v) is 3.31. The number of carbonyl (C=O) groups is 1. The second kappa shape index (κ2) is 9.76. The third-order valence-corrected chi connectivity index (χ3v) is 5.02. The first-order valence-corrected chi connectivity index (χ1v) is 10.0. The number of rotatable bonds is 7. The smallest absolute Gasteiger partial charge is 0.262 e. The third kappa shape index (κ3) is 6.21. The Balaban J connectivity index is 1.54. The molecule has 0 saturated heterocycles. The van der Waals surface area contributed by atoms with Crippen LogP contribution in [0.1, 0.15) is 11.1 Å². The molecule has 4 nitrogen and oxygen atoms in total. The Bertz CT molecular complexity index is 1010. The predicted octanol–water partition coefficient (Wildman–Crippen LogP) is 6.18. The number of aryl methyl sites for hydroxylation is 1. The highest BCUT2D eigenvalue weighted by Gasteiger charge is 2.09. The van der Waals surface area contributed by atoms with Crippen LogP contribution in [0.25, 0.3) is 0 Å². The number of halogens is 3. The van der Waals surface area contributed by atoms with Gasteiger partial charge in [-0.3, -0.25) is 4.79 Å². The van der Waals surface area contributed by atoms with Gasteiger partial charge < -0.3 is 15.4 Å². The zero-order valence-corrected chi connectivity index (χ0v) is 18.0. The van der Waals surface area contributed by atoms with Gasteiger partial charge in [-0.2, -0.15) is 0 Å². The average molecular weight is 478 g/mol. The van der Waals surface area contributed by atoms with Crippen molar-refractivity contribution in [3.05, 3.63) is 87.1 Å². The Morgan fingerprint density at radius 2 is 1.86 bits per heavy atom. The summed E-state index contributed by atoms with van der Waals surface area (Å²) in [5.41, 5.74) is 3.41. The summed E-state index contributed by atoms with van der Waals surface area (Å²) in [5.74, 6) is 0.0205. The highest BCUT2D eigenvalue weighted by atomic mass is 79.9. The van der Waals surface area contributed by atoms with Gasteiger partial charge in [0.2, 0.25) is 0 Å². The van der Waals surface area contributed by atoms with E-state index in [-0.39, 0.29) is 18.3 Å². The van der Waals surface area contributed by atoms with Crippen LogP contribution < -0.4 is 15.4 Å². The largest absolute Gasteiger partial charge is 0.483 e. The number of anilines is 2. The Labute approximate surface area is 182 Å². The van der Waals surface area contributed by atoms with Gasteiger partial charge in [0.25, 0.3) is 5.91 Å².